The zero-order valence-corrected chi connectivity index (χ0v) is 6.79. The largest absolute Gasteiger partial charge is 1.00 e. The first kappa shape index (κ1) is 9.04. The van der Waals surface area contributed by atoms with Crippen molar-refractivity contribution in [3.8, 4) is 0 Å². The Bertz CT molecular complexity index is 173. The van der Waals surface area contributed by atoms with Gasteiger partial charge in [0.15, 0.2) is 6.20 Å². The Kier molecular flexibility index (Phi) is 3.97. The molecule has 0 unspecified atom stereocenters. The molecule has 1 aromatic rings. The van der Waals surface area contributed by atoms with Gasteiger partial charge in [-0.2, -0.15) is 4.73 Å². The van der Waals surface area contributed by atoms with Gasteiger partial charge < -0.3 is 5.21 Å². The molecule has 1 rings (SSSR count). The Morgan fingerprint density at radius 3 is 2.44 bits per heavy atom. The molecule has 0 aliphatic heterocycles. The fourth-order valence-electron chi connectivity index (χ4n) is 0.419. The van der Waals surface area contributed by atoms with E-state index in [1.165, 1.54) is 6.20 Å². The Labute approximate surface area is 74.4 Å². The van der Waals surface area contributed by atoms with E-state index in [0.717, 1.165) is 0 Å². The van der Waals surface area contributed by atoms with E-state index in [1.54, 1.807) is 18.2 Å². The minimum Gasteiger partial charge on any atom is -0.618 e. The van der Waals surface area contributed by atoms with Crippen LogP contribution in [0.25, 0.3) is 0 Å². The van der Waals surface area contributed by atoms with Crippen LogP contribution >= 0.6 is 12.6 Å². The van der Waals surface area contributed by atoms with Crippen LogP contribution in [0, 0.1) is 5.21 Å². The van der Waals surface area contributed by atoms with E-state index in [0.29, 0.717) is 9.76 Å². The van der Waals surface area contributed by atoms with E-state index in [9.17, 15) is 5.21 Å². The average Bonchev–Trinajstić information content (AvgIpc) is 1.77. The van der Waals surface area contributed by atoms with Gasteiger partial charge in [-0.05, 0) is 6.07 Å². The van der Waals surface area contributed by atoms with E-state index >= 15 is 0 Å². The molecule has 0 aliphatic carbocycles. The van der Waals surface area contributed by atoms with Crippen molar-refractivity contribution in [1.82, 2.24) is 0 Å². The molecule has 0 aliphatic rings. The summed E-state index contributed by atoms with van der Waals surface area (Å²) >= 11 is 3.85. The van der Waals surface area contributed by atoms with Crippen molar-refractivity contribution in [3.63, 3.8) is 0 Å². The Hall–Kier alpha value is 0.0403. The molecule has 4 heteroatoms. The number of aromatic nitrogens is 1. The maximum absolute atomic E-state index is 10.5. The van der Waals surface area contributed by atoms with Crippen LogP contribution in [0.4, 0.5) is 0 Å². The molecular formula is C5H5AgNOS+. The van der Waals surface area contributed by atoms with Crippen molar-refractivity contribution in [2.75, 3.05) is 0 Å². The van der Waals surface area contributed by atoms with Crippen LogP contribution in [0.15, 0.2) is 29.4 Å². The standard InChI is InChI=1S/C5H5NOS.Ag/c7-6-4-2-1-3-5(6)8;/h1-4,8H;/q;+1. The quantitative estimate of drug-likeness (QED) is 0.303. The molecule has 9 heavy (non-hydrogen) atoms. The second-order valence-electron chi connectivity index (χ2n) is 1.38. The van der Waals surface area contributed by atoms with Gasteiger partial charge in [0, 0.05) is 12.1 Å². The maximum atomic E-state index is 10.5. The molecule has 0 saturated heterocycles. The molecule has 0 saturated carbocycles. The summed E-state index contributed by atoms with van der Waals surface area (Å²) in [5.74, 6) is 0. The van der Waals surface area contributed by atoms with Crippen molar-refractivity contribution >= 4 is 12.6 Å². The summed E-state index contributed by atoms with van der Waals surface area (Å²) in [7, 11) is 0. The average molecular weight is 235 g/mol. The van der Waals surface area contributed by atoms with Crippen molar-refractivity contribution in [3.05, 3.63) is 29.6 Å². The van der Waals surface area contributed by atoms with E-state index < -0.39 is 0 Å². The van der Waals surface area contributed by atoms with Crippen LogP contribution in [0.3, 0.4) is 0 Å². The Morgan fingerprint density at radius 2 is 2.11 bits per heavy atom. The van der Waals surface area contributed by atoms with E-state index in [-0.39, 0.29) is 22.4 Å². The van der Waals surface area contributed by atoms with Gasteiger partial charge in [-0.1, -0.05) is 12.6 Å². The van der Waals surface area contributed by atoms with Crippen molar-refractivity contribution in [2.24, 2.45) is 0 Å². The molecule has 0 atom stereocenters. The third-order valence-electron chi connectivity index (χ3n) is 0.804. The number of hydrogen-bond acceptors (Lipinski definition) is 2. The summed E-state index contributed by atoms with van der Waals surface area (Å²) in [6.45, 7) is 0. The first-order chi connectivity index (χ1) is 3.80. The minimum absolute atomic E-state index is 0. The Balaban J connectivity index is 0.000000640. The van der Waals surface area contributed by atoms with Gasteiger partial charge in [0.05, 0.1) is 0 Å². The van der Waals surface area contributed by atoms with Gasteiger partial charge in [0.25, 0.3) is 0 Å². The number of rotatable bonds is 0. The summed E-state index contributed by atoms with van der Waals surface area (Å²) < 4.78 is 0.698. The monoisotopic (exact) mass is 234 g/mol. The van der Waals surface area contributed by atoms with Crippen molar-refractivity contribution in [1.29, 1.82) is 0 Å². The predicted octanol–water partition coefficient (Wildman–Crippen LogP) is 0.606. The third-order valence-corrected chi connectivity index (χ3v) is 1.15. The Morgan fingerprint density at radius 1 is 1.44 bits per heavy atom. The summed E-state index contributed by atoms with van der Waals surface area (Å²) in [6.07, 6.45) is 1.41. The summed E-state index contributed by atoms with van der Waals surface area (Å²) in [6, 6.07) is 5.06. The van der Waals surface area contributed by atoms with Crippen LogP contribution in [0.5, 0.6) is 0 Å². The van der Waals surface area contributed by atoms with Gasteiger partial charge in [0.2, 0.25) is 5.03 Å². The predicted molar refractivity (Wildman–Crippen MR) is 32.7 cm³/mol. The maximum Gasteiger partial charge on any atom is 1.00 e. The molecule has 52 valence electrons. The van der Waals surface area contributed by atoms with Gasteiger partial charge in [-0.15, -0.1) is 0 Å². The SMILES string of the molecule is [Ag+].[O-][n+]1ccccc1S. The first-order valence-electron chi connectivity index (χ1n) is 2.18. The van der Waals surface area contributed by atoms with Crippen LogP contribution < -0.4 is 4.73 Å². The number of thiol groups is 1. The van der Waals surface area contributed by atoms with Gasteiger partial charge in [-0.25, -0.2) is 0 Å². The van der Waals surface area contributed by atoms with Crippen LogP contribution in [-0.4, -0.2) is 0 Å². The smallest absolute Gasteiger partial charge is 0.618 e. The third kappa shape index (κ3) is 2.41. The van der Waals surface area contributed by atoms with E-state index in [4.69, 9.17) is 0 Å². The summed E-state index contributed by atoms with van der Waals surface area (Å²) in [5.41, 5.74) is 0. The van der Waals surface area contributed by atoms with Crippen LogP contribution in [0.1, 0.15) is 0 Å². The summed E-state index contributed by atoms with van der Waals surface area (Å²) in [4.78, 5) is 0. The zero-order valence-electron chi connectivity index (χ0n) is 4.41. The number of nitrogens with zero attached hydrogens (tertiary/aromatic N) is 1. The molecule has 0 fully saturated rings. The second kappa shape index (κ2) is 3.95. The second-order valence-corrected chi connectivity index (χ2v) is 1.84. The van der Waals surface area contributed by atoms with Gasteiger partial charge >= 0.3 is 22.4 Å². The molecular weight excluding hydrogens is 230 g/mol. The van der Waals surface area contributed by atoms with Gasteiger partial charge in [-0.3, -0.25) is 0 Å². The molecule has 0 bridgehead atoms. The molecule has 0 N–H and O–H groups in total. The first-order valence-corrected chi connectivity index (χ1v) is 2.62. The van der Waals surface area contributed by atoms with Crippen molar-refractivity contribution in [2.45, 2.75) is 5.03 Å². The summed E-state index contributed by atoms with van der Waals surface area (Å²) in [5, 5.41) is 10.9. The molecule has 1 aromatic heterocycles. The van der Waals surface area contributed by atoms with Crippen molar-refractivity contribution < 1.29 is 27.1 Å². The van der Waals surface area contributed by atoms with Crippen LogP contribution in [-0.2, 0) is 22.4 Å². The normalized spacial score (nSPS) is 8.11. The minimum atomic E-state index is 0. The molecule has 0 spiro atoms. The molecule has 2 nitrogen and oxygen atoms in total. The molecule has 0 radical (unpaired) electrons. The molecule has 1 heterocycles. The van der Waals surface area contributed by atoms with Gasteiger partial charge in [0.1, 0.15) is 0 Å². The zero-order chi connectivity index (χ0) is 5.98. The fraction of sp³-hybridized carbons (Fsp3) is 0. The topological polar surface area (TPSA) is 26.9 Å². The molecule has 0 aromatic carbocycles. The number of pyridine rings is 1. The fourth-order valence-corrected chi connectivity index (χ4v) is 0.572. The van der Waals surface area contributed by atoms with E-state index in [1.807, 2.05) is 0 Å². The number of hydrogen-bond donors (Lipinski definition) is 1. The molecule has 0 amide bonds. The van der Waals surface area contributed by atoms with E-state index in [2.05, 4.69) is 12.6 Å². The van der Waals surface area contributed by atoms with Crippen LogP contribution in [0.2, 0.25) is 0 Å².